The van der Waals surface area contributed by atoms with E-state index in [1.54, 1.807) is 59.6 Å². The Kier molecular flexibility index (Phi) is 6.91. The summed E-state index contributed by atoms with van der Waals surface area (Å²) in [7, 11) is 3.83. The first-order valence-electron chi connectivity index (χ1n) is 10.00. The van der Waals surface area contributed by atoms with E-state index in [-0.39, 0.29) is 17.5 Å². The van der Waals surface area contributed by atoms with Crippen LogP contribution in [0.1, 0.15) is 46.6 Å². The molecule has 156 valence electrons. The minimum atomic E-state index is -0.239. The van der Waals surface area contributed by atoms with Crippen LogP contribution in [0, 0.1) is 11.3 Å². The number of nitriles is 1. The van der Waals surface area contributed by atoms with Gasteiger partial charge < -0.3 is 0 Å². The molecule has 0 saturated heterocycles. The normalized spacial score (nSPS) is 12.4. The topological polar surface area (TPSA) is 79.0 Å². The van der Waals surface area contributed by atoms with Crippen LogP contribution in [0.4, 0.5) is 0 Å². The summed E-state index contributed by atoms with van der Waals surface area (Å²) in [5.41, 5.74) is 2.45. The van der Waals surface area contributed by atoms with Crippen molar-refractivity contribution in [1.29, 1.82) is 5.26 Å². The molecule has 2 heterocycles. The van der Waals surface area contributed by atoms with Gasteiger partial charge in [0.05, 0.1) is 17.8 Å². The second-order valence-electron chi connectivity index (χ2n) is 7.38. The number of rotatable bonds is 7. The molecule has 1 unspecified atom stereocenters. The number of ketones is 1. The van der Waals surface area contributed by atoms with Crippen LogP contribution in [-0.2, 0) is 0 Å². The Morgan fingerprint density at radius 2 is 1.90 bits per heavy atom. The summed E-state index contributed by atoms with van der Waals surface area (Å²) in [4.78, 5) is 31.6. The number of allylic oxidation sites excluding steroid dienone is 1. The molecule has 0 bridgehead atoms. The van der Waals surface area contributed by atoms with Crippen molar-refractivity contribution in [2.24, 2.45) is 0 Å². The largest absolute Gasteiger partial charge is 0.299 e. The molecule has 0 saturated carbocycles. The van der Waals surface area contributed by atoms with Gasteiger partial charge in [-0.25, -0.2) is 0 Å². The van der Waals surface area contributed by atoms with Crippen molar-refractivity contribution in [3.05, 3.63) is 99.7 Å². The fourth-order valence-corrected chi connectivity index (χ4v) is 3.49. The highest BCUT2D eigenvalue weighted by atomic mass is 16.1. The Morgan fingerprint density at radius 1 is 1.16 bits per heavy atom. The molecule has 1 aromatic carbocycles. The van der Waals surface area contributed by atoms with Gasteiger partial charge in [0.25, 0.3) is 5.56 Å². The maximum atomic E-state index is 13.0. The molecule has 0 amide bonds. The zero-order valence-electron chi connectivity index (χ0n) is 17.8. The molecule has 0 fully saturated rings. The molecule has 6 heteroatoms. The lowest BCUT2D eigenvalue weighted by Gasteiger charge is -2.25. The van der Waals surface area contributed by atoms with Gasteiger partial charge in [0.15, 0.2) is 5.78 Å². The van der Waals surface area contributed by atoms with Crippen LogP contribution in [0.3, 0.4) is 0 Å². The quantitative estimate of drug-likeness (QED) is 0.433. The Morgan fingerprint density at radius 3 is 2.52 bits per heavy atom. The number of carbonyl (C=O) groups excluding carboxylic acids is 1. The molecule has 1 atom stereocenters. The van der Waals surface area contributed by atoms with Gasteiger partial charge in [-0.15, -0.1) is 0 Å². The summed E-state index contributed by atoms with van der Waals surface area (Å²) in [5.74, 6) is -0.239. The molecular weight excluding hydrogens is 388 g/mol. The summed E-state index contributed by atoms with van der Waals surface area (Å²) in [6.07, 6.45) is 7.36. The van der Waals surface area contributed by atoms with E-state index in [4.69, 9.17) is 0 Å². The monoisotopic (exact) mass is 412 g/mol. The van der Waals surface area contributed by atoms with Crippen LogP contribution in [0.5, 0.6) is 0 Å². The van der Waals surface area contributed by atoms with Gasteiger partial charge in [0, 0.05) is 41.3 Å². The van der Waals surface area contributed by atoms with Gasteiger partial charge >= 0.3 is 0 Å². The SMILES string of the molecule is CCC(N(C)C)n1ccc(C(=O)c2cccc(/C=C(\C#N)c3cccnc3)c2)cc1=O. The van der Waals surface area contributed by atoms with Gasteiger partial charge in [-0.05, 0) is 50.4 Å². The van der Waals surface area contributed by atoms with Crippen LogP contribution < -0.4 is 5.56 Å². The molecule has 0 aliphatic rings. The van der Waals surface area contributed by atoms with Crippen LogP contribution in [-0.4, -0.2) is 34.3 Å². The lowest BCUT2D eigenvalue weighted by molar-refractivity contribution is 0.103. The van der Waals surface area contributed by atoms with Crippen molar-refractivity contribution in [3.63, 3.8) is 0 Å². The van der Waals surface area contributed by atoms with Crippen LogP contribution in [0.25, 0.3) is 11.6 Å². The number of pyridine rings is 2. The van der Waals surface area contributed by atoms with Gasteiger partial charge in [0.1, 0.15) is 0 Å². The van der Waals surface area contributed by atoms with E-state index >= 15 is 0 Å². The molecule has 2 aromatic heterocycles. The molecule has 3 aromatic rings. The molecule has 6 nitrogen and oxygen atoms in total. The number of hydrogen-bond acceptors (Lipinski definition) is 5. The van der Waals surface area contributed by atoms with Crippen molar-refractivity contribution >= 4 is 17.4 Å². The lowest BCUT2D eigenvalue weighted by atomic mass is 10.00. The van der Waals surface area contributed by atoms with E-state index in [0.29, 0.717) is 22.3 Å². The predicted octanol–water partition coefficient (Wildman–Crippen LogP) is 4.01. The van der Waals surface area contributed by atoms with E-state index in [9.17, 15) is 14.9 Å². The van der Waals surface area contributed by atoms with Crippen molar-refractivity contribution in [3.8, 4) is 6.07 Å². The van der Waals surface area contributed by atoms with Gasteiger partial charge in [-0.2, -0.15) is 5.26 Å². The fraction of sp³-hybridized carbons (Fsp3) is 0.200. The standard InChI is InChI=1S/C25H24N4O2/c1-4-23(28(2)3)29-12-10-20(15-24(29)30)25(31)19-8-5-7-18(13-19)14-22(16-26)21-9-6-11-27-17-21/h5-15,17,23H,4H2,1-3H3/b22-14+. The molecule has 0 aliphatic carbocycles. The minimum absolute atomic E-state index is 0.0676. The molecule has 0 radical (unpaired) electrons. The third kappa shape index (κ3) is 5.03. The molecule has 0 N–H and O–H groups in total. The Bertz CT molecular complexity index is 1200. The highest BCUT2D eigenvalue weighted by Crippen LogP contribution is 2.19. The number of aromatic nitrogens is 2. The minimum Gasteiger partial charge on any atom is -0.299 e. The summed E-state index contributed by atoms with van der Waals surface area (Å²) in [6, 6.07) is 15.8. The fourth-order valence-electron chi connectivity index (χ4n) is 3.49. The van der Waals surface area contributed by atoms with E-state index < -0.39 is 0 Å². The smallest absolute Gasteiger partial charge is 0.252 e. The van der Waals surface area contributed by atoms with Crippen LogP contribution in [0.2, 0.25) is 0 Å². The highest BCUT2D eigenvalue weighted by Gasteiger charge is 2.15. The first kappa shape index (κ1) is 21.9. The lowest BCUT2D eigenvalue weighted by Crippen LogP contribution is -2.33. The van der Waals surface area contributed by atoms with E-state index in [0.717, 1.165) is 12.0 Å². The molecular formula is C25H24N4O2. The average molecular weight is 412 g/mol. The molecule has 0 spiro atoms. The van der Waals surface area contributed by atoms with E-state index in [2.05, 4.69) is 11.1 Å². The Labute approximate surface area is 181 Å². The van der Waals surface area contributed by atoms with Gasteiger partial charge in [-0.3, -0.25) is 24.0 Å². The second kappa shape index (κ2) is 9.79. The predicted molar refractivity (Wildman–Crippen MR) is 121 cm³/mol. The summed E-state index contributed by atoms with van der Waals surface area (Å²) in [5, 5.41) is 9.50. The zero-order valence-corrected chi connectivity index (χ0v) is 17.8. The zero-order chi connectivity index (χ0) is 22.4. The van der Waals surface area contributed by atoms with Crippen molar-refractivity contribution in [1.82, 2.24) is 14.5 Å². The Hall–Kier alpha value is -3.82. The number of hydrogen-bond donors (Lipinski definition) is 0. The van der Waals surface area contributed by atoms with Crippen molar-refractivity contribution in [2.45, 2.75) is 19.5 Å². The molecule has 0 aliphatic heterocycles. The van der Waals surface area contributed by atoms with Crippen LogP contribution in [0.15, 0.2) is 71.9 Å². The first-order valence-corrected chi connectivity index (χ1v) is 10.00. The first-order chi connectivity index (χ1) is 14.9. The highest BCUT2D eigenvalue weighted by molar-refractivity contribution is 6.09. The van der Waals surface area contributed by atoms with Crippen molar-refractivity contribution < 1.29 is 4.79 Å². The van der Waals surface area contributed by atoms with E-state index in [1.165, 1.54) is 6.07 Å². The van der Waals surface area contributed by atoms with E-state index in [1.807, 2.05) is 38.1 Å². The third-order valence-corrected chi connectivity index (χ3v) is 5.05. The summed E-state index contributed by atoms with van der Waals surface area (Å²) >= 11 is 0. The average Bonchev–Trinajstić information content (AvgIpc) is 2.79. The Balaban J connectivity index is 1.92. The summed E-state index contributed by atoms with van der Waals surface area (Å²) in [6.45, 7) is 2.01. The van der Waals surface area contributed by atoms with Crippen molar-refractivity contribution in [2.75, 3.05) is 14.1 Å². The van der Waals surface area contributed by atoms with Crippen LogP contribution >= 0.6 is 0 Å². The van der Waals surface area contributed by atoms with Gasteiger partial charge in [-0.1, -0.05) is 31.2 Å². The molecule has 3 rings (SSSR count). The number of benzene rings is 1. The number of nitrogens with zero attached hydrogens (tertiary/aromatic N) is 4. The number of carbonyl (C=O) groups is 1. The maximum Gasteiger partial charge on any atom is 0.252 e. The summed E-state index contributed by atoms with van der Waals surface area (Å²) < 4.78 is 1.63. The maximum absolute atomic E-state index is 13.0. The second-order valence-corrected chi connectivity index (χ2v) is 7.38. The molecule has 31 heavy (non-hydrogen) atoms. The van der Waals surface area contributed by atoms with Gasteiger partial charge in [0.2, 0.25) is 0 Å². The third-order valence-electron chi connectivity index (χ3n) is 5.05.